The van der Waals surface area contributed by atoms with Gasteiger partial charge in [-0.2, -0.15) is 5.10 Å². The van der Waals surface area contributed by atoms with Crippen molar-refractivity contribution in [1.29, 1.82) is 0 Å². The first-order chi connectivity index (χ1) is 10.0. The number of hydrogen-bond donors (Lipinski definition) is 0. The maximum atomic E-state index is 12.1. The van der Waals surface area contributed by atoms with Gasteiger partial charge in [-0.25, -0.2) is 0 Å². The maximum Gasteiger partial charge on any atom is 0.139 e. The molecule has 0 radical (unpaired) electrons. The van der Waals surface area contributed by atoms with E-state index in [9.17, 15) is 4.79 Å². The van der Waals surface area contributed by atoms with Crippen molar-refractivity contribution in [2.24, 2.45) is 7.05 Å². The minimum absolute atomic E-state index is 0.231. The Morgan fingerprint density at radius 1 is 1.29 bits per heavy atom. The van der Waals surface area contributed by atoms with Crippen LogP contribution in [0.25, 0.3) is 0 Å². The lowest BCUT2D eigenvalue weighted by Crippen LogP contribution is -2.06. The average Bonchev–Trinajstić information content (AvgIpc) is 2.71. The predicted molar refractivity (Wildman–Crippen MR) is 83.3 cm³/mol. The zero-order chi connectivity index (χ0) is 15.4. The number of nitrogens with zero attached hydrogens (tertiary/aromatic N) is 3. The molecule has 0 N–H and O–H groups in total. The van der Waals surface area contributed by atoms with E-state index < -0.39 is 0 Å². The van der Waals surface area contributed by atoms with E-state index in [-0.39, 0.29) is 5.78 Å². The molecule has 2 rings (SSSR count). The quantitative estimate of drug-likeness (QED) is 0.820. The Morgan fingerprint density at radius 2 is 2.05 bits per heavy atom. The Kier molecular flexibility index (Phi) is 4.89. The third kappa shape index (κ3) is 3.78. The van der Waals surface area contributed by atoms with Gasteiger partial charge in [0.15, 0.2) is 0 Å². The third-order valence-corrected chi connectivity index (χ3v) is 3.99. The summed E-state index contributed by atoms with van der Waals surface area (Å²) in [6.45, 7) is 6.14. The van der Waals surface area contributed by atoms with Gasteiger partial charge in [0.1, 0.15) is 5.78 Å². The standard InChI is InChI=1S/C17H23N3O/c1-5-14-6-7-15(18-11-14)10-16(21)8-9-17-12(2)19-20(4)13(17)3/h6-7,11H,5,8-10H2,1-4H3. The molecule has 0 spiro atoms. The van der Waals surface area contributed by atoms with E-state index in [2.05, 4.69) is 17.0 Å². The summed E-state index contributed by atoms with van der Waals surface area (Å²) in [7, 11) is 1.94. The summed E-state index contributed by atoms with van der Waals surface area (Å²) in [5.74, 6) is 0.231. The molecule has 4 heteroatoms. The molecule has 0 amide bonds. The first-order valence-corrected chi connectivity index (χ1v) is 7.45. The van der Waals surface area contributed by atoms with Crippen LogP contribution in [0, 0.1) is 13.8 Å². The van der Waals surface area contributed by atoms with Gasteiger partial charge in [0.05, 0.1) is 5.69 Å². The summed E-state index contributed by atoms with van der Waals surface area (Å²) < 4.78 is 1.88. The molecule has 0 aromatic carbocycles. The van der Waals surface area contributed by atoms with Crippen molar-refractivity contribution in [3.63, 3.8) is 0 Å². The minimum Gasteiger partial charge on any atom is -0.299 e. The van der Waals surface area contributed by atoms with Crippen LogP contribution >= 0.6 is 0 Å². The van der Waals surface area contributed by atoms with Crippen LogP contribution in [0.1, 0.15) is 41.6 Å². The van der Waals surface area contributed by atoms with E-state index in [0.717, 1.165) is 29.9 Å². The van der Waals surface area contributed by atoms with Crippen molar-refractivity contribution in [2.75, 3.05) is 0 Å². The van der Waals surface area contributed by atoms with Gasteiger partial charge in [0.2, 0.25) is 0 Å². The van der Waals surface area contributed by atoms with E-state index in [4.69, 9.17) is 0 Å². The molecule has 2 aromatic heterocycles. The summed E-state index contributed by atoms with van der Waals surface area (Å²) >= 11 is 0. The fraction of sp³-hybridized carbons (Fsp3) is 0.471. The van der Waals surface area contributed by atoms with Crippen LogP contribution in [0.5, 0.6) is 0 Å². The molecule has 21 heavy (non-hydrogen) atoms. The number of pyridine rings is 1. The summed E-state index contributed by atoms with van der Waals surface area (Å²) in [6.07, 6.45) is 4.56. The van der Waals surface area contributed by atoms with Crippen LogP contribution in [0.2, 0.25) is 0 Å². The van der Waals surface area contributed by atoms with Gasteiger partial charge in [-0.15, -0.1) is 0 Å². The van der Waals surface area contributed by atoms with E-state index in [1.165, 1.54) is 11.1 Å². The van der Waals surface area contributed by atoms with Crippen molar-refractivity contribution in [2.45, 2.75) is 46.5 Å². The van der Waals surface area contributed by atoms with Gasteiger partial charge < -0.3 is 0 Å². The van der Waals surface area contributed by atoms with E-state index in [1.807, 2.05) is 43.9 Å². The SMILES string of the molecule is CCc1ccc(CC(=O)CCc2c(C)nn(C)c2C)nc1. The number of carbonyl (C=O) groups is 1. The first kappa shape index (κ1) is 15.4. The second-order valence-electron chi connectivity index (χ2n) is 5.50. The third-order valence-electron chi connectivity index (χ3n) is 3.99. The van der Waals surface area contributed by atoms with Crippen molar-refractivity contribution < 1.29 is 4.79 Å². The molecule has 2 aromatic rings. The second kappa shape index (κ2) is 6.66. The van der Waals surface area contributed by atoms with Crippen LogP contribution in [-0.4, -0.2) is 20.5 Å². The van der Waals surface area contributed by atoms with Crippen molar-refractivity contribution in [3.8, 4) is 0 Å². The summed E-state index contributed by atoms with van der Waals surface area (Å²) in [5, 5.41) is 4.38. The highest BCUT2D eigenvalue weighted by atomic mass is 16.1. The zero-order valence-corrected chi connectivity index (χ0v) is 13.3. The molecule has 0 saturated heterocycles. The minimum atomic E-state index is 0.231. The first-order valence-electron chi connectivity index (χ1n) is 7.45. The lowest BCUT2D eigenvalue weighted by Gasteiger charge is -2.03. The summed E-state index contributed by atoms with van der Waals surface area (Å²) in [5.41, 5.74) is 5.42. The zero-order valence-electron chi connectivity index (χ0n) is 13.3. The van der Waals surface area contributed by atoms with Crippen molar-refractivity contribution in [1.82, 2.24) is 14.8 Å². The highest BCUT2D eigenvalue weighted by Crippen LogP contribution is 2.14. The highest BCUT2D eigenvalue weighted by molar-refractivity contribution is 5.80. The molecular formula is C17H23N3O. The van der Waals surface area contributed by atoms with Crippen LogP contribution in [0.3, 0.4) is 0 Å². The molecule has 112 valence electrons. The van der Waals surface area contributed by atoms with E-state index >= 15 is 0 Å². The number of carbonyl (C=O) groups excluding carboxylic acids is 1. The molecule has 4 nitrogen and oxygen atoms in total. The number of hydrogen-bond acceptors (Lipinski definition) is 3. The van der Waals surface area contributed by atoms with Gasteiger partial charge in [-0.05, 0) is 43.9 Å². The molecule has 0 saturated carbocycles. The largest absolute Gasteiger partial charge is 0.299 e. The number of ketones is 1. The van der Waals surface area contributed by atoms with E-state index in [0.29, 0.717) is 12.8 Å². The fourth-order valence-electron chi connectivity index (χ4n) is 2.50. The van der Waals surface area contributed by atoms with Crippen LogP contribution in [-0.2, 0) is 31.1 Å². The number of rotatable bonds is 6. The van der Waals surface area contributed by atoms with Crippen molar-refractivity contribution in [3.05, 3.63) is 46.5 Å². The number of aryl methyl sites for hydroxylation is 3. The number of aromatic nitrogens is 3. The molecule has 0 atom stereocenters. The van der Waals surface area contributed by atoms with Gasteiger partial charge in [-0.3, -0.25) is 14.5 Å². The Balaban J connectivity index is 1.92. The topological polar surface area (TPSA) is 47.8 Å². The Labute approximate surface area is 126 Å². The van der Waals surface area contributed by atoms with Gasteiger partial charge in [-0.1, -0.05) is 13.0 Å². The summed E-state index contributed by atoms with van der Waals surface area (Å²) in [4.78, 5) is 16.4. The highest BCUT2D eigenvalue weighted by Gasteiger charge is 2.12. The maximum absolute atomic E-state index is 12.1. The molecule has 0 aliphatic heterocycles. The van der Waals surface area contributed by atoms with Gasteiger partial charge >= 0.3 is 0 Å². The predicted octanol–water partition coefficient (Wildman–Crippen LogP) is 2.74. The molecule has 0 aliphatic carbocycles. The van der Waals surface area contributed by atoms with Crippen LogP contribution < -0.4 is 0 Å². The van der Waals surface area contributed by atoms with Crippen molar-refractivity contribution >= 4 is 5.78 Å². The Morgan fingerprint density at radius 3 is 2.57 bits per heavy atom. The van der Waals surface area contributed by atoms with Gasteiger partial charge in [0, 0.05) is 37.5 Å². The molecule has 0 unspecified atom stereocenters. The fourth-order valence-corrected chi connectivity index (χ4v) is 2.50. The molecule has 0 bridgehead atoms. The van der Waals surface area contributed by atoms with Gasteiger partial charge in [0.25, 0.3) is 0 Å². The Bertz CT molecular complexity index is 626. The Hall–Kier alpha value is -1.97. The van der Waals surface area contributed by atoms with Crippen LogP contribution in [0.15, 0.2) is 18.3 Å². The molecule has 0 aliphatic rings. The summed E-state index contributed by atoms with van der Waals surface area (Å²) in [6, 6.07) is 4.00. The van der Waals surface area contributed by atoms with Crippen LogP contribution in [0.4, 0.5) is 0 Å². The smallest absolute Gasteiger partial charge is 0.139 e. The number of Topliss-reactive ketones (excluding diaryl/α,β-unsaturated/α-hetero) is 1. The normalized spacial score (nSPS) is 10.9. The monoisotopic (exact) mass is 285 g/mol. The lowest BCUT2D eigenvalue weighted by molar-refractivity contribution is -0.118. The second-order valence-corrected chi connectivity index (χ2v) is 5.50. The molecular weight excluding hydrogens is 262 g/mol. The molecule has 2 heterocycles. The lowest BCUT2D eigenvalue weighted by atomic mass is 10.0. The molecule has 0 fully saturated rings. The van der Waals surface area contributed by atoms with E-state index in [1.54, 1.807) is 0 Å². The average molecular weight is 285 g/mol.